The van der Waals surface area contributed by atoms with Gasteiger partial charge in [0, 0.05) is 14.1 Å². The predicted molar refractivity (Wildman–Crippen MR) is 73.6 cm³/mol. The molecular formula is C13H22N2OS. The number of carbonyl (C=O) groups excluding carboxylic acids is 1. The van der Waals surface area contributed by atoms with Gasteiger partial charge in [0.25, 0.3) is 0 Å². The number of amides is 1. The molecule has 0 radical (unpaired) electrons. The normalized spacial score (nSPS) is 25.1. The second kappa shape index (κ2) is 4.30. The Morgan fingerprint density at radius 2 is 1.88 bits per heavy atom. The van der Waals surface area contributed by atoms with Gasteiger partial charge in [0.15, 0.2) is 0 Å². The van der Waals surface area contributed by atoms with E-state index >= 15 is 0 Å². The average Bonchev–Trinajstić information content (AvgIpc) is 2.89. The summed E-state index contributed by atoms with van der Waals surface area (Å²) in [7, 11) is 3.58. The number of thioether (sulfide) groups is 1. The van der Waals surface area contributed by atoms with Crippen molar-refractivity contribution in [3.05, 3.63) is 0 Å². The average molecular weight is 254 g/mol. The highest BCUT2D eigenvalue weighted by molar-refractivity contribution is 8.26. The van der Waals surface area contributed by atoms with Gasteiger partial charge in [-0.2, -0.15) is 0 Å². The lowest BCUT2D eigenvalue weighted by atomic mass is 9.90. The molecule has 1 saturated heterocycles. The smallest absolute Gasteiger partial charge is 0.249 e. The second-order valence-electron chi connectivity index (χ2n) is 5.83. The number of aliphatic imine (C=N–C) groups is 1. The number of nitrogens with zero attached hydrogens (tertiary/aromatic N) is 2. The summed E-state index contributed by atoms with van der Waals surface area (Å²) in [5.74, 6) is 0.0865. The van der Waals surface area contributed by atoms with Crippen molar-refractivity contribution in [3.63, 3.8) is 0 Å². The van der Waals surface area contributed by atoms with E-state index in [0.717, 1.165) is 0 Å². The first kappa shape index (κ1) is 12.9. The van der Waals surface area contributed by atoms with Crippen LogP contribution in [0.2, 0.25) is 0 Å². The monoisotopic (exact) mass is 254 g/mol. The van der Waals surface area contributed by atoms with E-state index in [2.05, 4.69) is 0 Å². The van der Waals surface area contributed by atoms with Crippen LogP contribution in [0.5, 0.6) is 0 Å². The Morgan fingerprint density at radius 1 is 1.29 bits per heavy atom. The SMILES string of the molecule is CN(C)C(=O)C(C)(C)N=C1SC12CCCCC2. The number of hydrogen-bond donors (Lipinski definition) is 0. The number of likely N-dealkylation sites (N-methyl/N-ethyl adjacent to an activating group) is 1. The van der Waals surface area contributed by atoms with Gasteiger partial charge in [-0.3, -0.25) is 9.79 Å². The van der Waals surface area contributed by atoms with E-state index in [9.17, 15) is 4.79 Å². The van der Waals surface area contributed by atoms with E-state index in [-0.39, 0.29) is 5.91 Å². The molecule has 0 aromatic carbocycles. The fourth-order valence-corrected chi connectivity index (χ4v) is 3.91. The number of rotatable bonds is 2. The molecule has 0 aromatic heterocycles. The van der Waals surface area contributed by atoms with E-state index in [1.807, 2.05) is 25.6 Å². The van der Waals surface area contributed by atoms with Crippen LogP contribution >= 0.6 is 11.8 Å². The van der Waals surface area contributed by atoms with Crippen molar-refractivity contribution in [2.75, 3.05) is 14.1 Å². The lowest BCUT2D eigenvalue weighted by molar-refractivity contribution is -0.133. The summed E-state index contributed by atoms with van der Waals surface area (Å²) in [6.07, 6.45) is 6.49. The molecule has 3 nitrogen and oxygen atoms in total. The van der Waals surface area contributed by atoms with Crippen LogP contribution in [-0.2, 0) is 4.79 Å². The van der Waals surface area contributed by atoms with Crippen molar-refractivity contribution in [2.24, 2.45) is 4.99 Å². The van der Waals surface area contributed by atoms with Crippen molar-refractivity contribution >= 4 is 22.7 Å². The Kier molecular flexibility index (Phi) is 3.27. The van der Waals surface area contributed by atoms with Crippen LogP contribution in [0.4, 0.5) is 0 Å². The minimum Gasteiger partial charge on any atom is -0.347 e. The van der Waals surface area contributed by atoms with E-state index in [0.29, 0.717) is 4.75 Å². The first-order chi connectivity index (χ1) is 7.87. The van der Waals surface area contributed by atoms with Gasteiger partial charge in [0.1, 0.15) is 5.54 Å². The third kappa shape index (κ3) is 2.51. The van der Waals surface area contributed by atoms with Crippen molar-refractivity contribution < 1.29 is 4.79 Å². The zero-order chi connectivity index (χ0) is 12.7. The standard InChI is InChI=1S/C13H22N2OS/c1-12(2,11(16)15(3)4)14-10-13(17-10)8-6-5-7-9-13/h5-9H2,1-4H3. The van der Waals surface area contributed by atoms with Gasteiger partial charge in [0.2, 0.25) is 5.91 Å². The van der Waals surface area contributed by atoms with Gasteiger partial charge in [-0.1, -0.05) is 31.0 Å². The summed E-state index contributed by atoms with van der Waals surface area (Å²) >= 11 is 1.90. The fourth-order valence-electron chi connectivity index (χ4n) is 2.57. The summed E-state index contributed by atoms with van der Waals surface area (Å²) in [6, 6.07) is 0. The molecule has 0 unspecified atom stereocenters. The summed E-state index contributed by atoms with van der Waals surface area (Å²) in [4.78, 5) is 18.3. The van der Waals surface area contributed by atoms with Crippen molar-refractivity contribution in [1.29, 1.82) is 0 Å². The molecule has 96 valence electrons. The molecule has 2 rings (SSSR count). The Morgan fingerprint density at radius 3 is 2.41 bits per heavy atom. The molecule has 1 spiro atoms. The van der Waals surface area contributed by atoms with Crippen molar-refractivity contribution in [2.45, 2.75) is 56.2 Å². The minimum absolute atomic E-state index is 0.0865. The third-order valence-corrected chi connectivity index (χ3v) is 5.08. The largest absolute Gasteiger partial charge is 0.347 e. The maximum atomic E-state index is 12.0. The second-order valence-corrected chi connectivity index (χ2v) is 7.20. The maximum Gasteiger partial charge on any atom is 0.249 e. The molecule has 1 aliphatic heterocycles. The van der Waals surface area contributed by atoms with Gasteiger partial charge in [-0.25, -0.2) is 0 Å². The highest BCUT2D eigenvalue weighted by Crippen LogP contribution is 2.57. The summed E-state index contributed by atoms with van der Waals surface area (Å²) < 4.78 is 0.322. The predicted octanol–water partition coefficient (Wildman–Crippen LogP) is 2.70. The summed E-state index contributed by atoms with van der Waals surface area (Å²) in [5, 5.41) is 1.22. The van der Waals surface area contributed by atoms with Crippen LogP contribution in [0.25, 0.3) is 0 Å². The highest BCUT2D eigenvalue weighted by Gasteiger charge is 2.53. The molecule has 0 aromatic rings. The summed E-state index contributed by atoms with van der Waals surface area (Å²) in [6.45, 7) is 3.83. The topological polar surface area (TPSA) is 32.7 Å². The Hall–Kier alpha value is -0.510. The molecule has 0 atom stereocenters. The third-order valence-electron chi connectivity index (χ3n) is 3.61. The zero-order valence-electron chi connectivity index (χ0n) is 11.2. The summed E-state index contributed by atoms with van der Waals surface area (Å²) in [5.41, 5.74) is -0.604. The molecular weight excluding hydrogens is 232 g/mol. The van der Waals surface area contributed by atoms with Crippen LogP contribution < -0.4 is 0 Å². The molecule has 1 heterocycles. The highest BCUT2D eigenvalue weighted by atomic mass is 32.2. The Labute approximate surface area is 108 Å². The zero-order valence-corrected chi connectivity index (χ0v) is 12.1. The molecule has 17 heavy (non-hydrogen) atoms. The number of carbonyl (C=O) groups is 1. The van der Waals surface area contributed by atoms with Gasteiger partial charge in [0.05, 0.1) is 9.79 Å². The number of hydrogen-bond acceptors (Lipinski definition) is 3. The van der Waals surface area contributed by atoms with Gasteiger partial charge in [-0.15, -0.1) is 0 Å². The first-order valence-corrected chi connectivity index (χ1v) is 7.20. The molecule has 1 aliphatic carbocycles. The Balaban J connectivity index is 2.08. The molecule has 2 fully saturated rings. The molecule has 1 saturated carbocycles. The molecule has 0 bridgehead atoms. The first-order valence-electron chi connectivity index (χ1n) is 6.38. The maximum absolute atomic E-state index is 12.0. The van der Waals surface area contributed by atoms with Crippen LogP contribution in [0, 0.1) is 0 Å². The van der Waals surface area contributed by atoms with E-state index in [1.165, 1.54) is 37.1 Å². The lowest BCUT2D eigenvalue weighted by Gasteiger charge is -2.23. The Bertz CT molecular complexity index is 354. The molecule has 4 heteroatoms. The van der Waals surface area contributed by atoms with Gasteiger partial charge < -0.3 is 4.90 Å². The molecule has 2 aliphatic rings. The van der Waals surface area contributed by atoms with E-state index in [1.54, 1.807) is 19.0 Å². The van der Waals surface area contributed by atoms with Crippen LogP contribution in [-0.4, -0.2) is 40.2 Å². The van der Waals surface area contributed by atoms with Crippen LogP contribution in [0.1, 0.15) is 46.0 Å². The quantitative estimate of drug-likeness (QED) is 0.710. The van der Waals surface area contributed by atoms with Gasteiger partial charge in [-0.05, 0) is 26.7 Å². The minimum atomic E-state index is -0.604. The molecule has 1 amide bonds. The van der Waals surface area contributed by atoms with Crippen LogP contribution in [0.3, 0.4) is 0 Å². The van der Waals surface area contributed by atoms with Gasteiger partial charge >= 0.3 is 0 Å². The molecule has 0 N–H and O–H groups in total. The van der Waals surface area contributed by atoms with E-state index in [4.69, 9.17) is 4.99 Å². The van der Waals surface area contributed by atoms with Crippen LogP contribution in [0.15, 0.2) is 4.99 Å². The lowest BCUT2D eigenvalue weighted by Crippen LogP contribution is -2.40. The van der Waals surface area contributed by atoms with Crippen molar-refractivity contribution in [1.82, 2.24) is 4.90 Å². The van der Waals surface area contributed by atoms with E-state index < -0.39 is 5.54 Å². The van der Waals surface area contributed by atoms with Crippen molar-refractivity contribution in [3.8, 4) is 0 Å². The fraction of sp³-hybridized carbons (Fsp3) is 0.846.